The van der Waals surface area contributed by atoms with Gasteiger partial charge in [-0.15, -0.1) is 0 Å². The fourth-order valence-corrected chi connectivity index (χ4v) is 10.1. The molecular weight excluding hydrogens is 489 g/mol. The average molecular weight is 527 g/mol. The van der Waals surface area contributed by atoms with E-state index in [2.05, 4.69) is 0 Å². The number of esters is 1. The number of carbonyl (C=O) groups is 1. The van der Waals surface area contributed by atoms with Gasteiger partial charge in [0, 0.05) is 5.41 Å². The zero-order valence-corrected chi connectivity index (χ0v) is 20.4. The maximum atomic E-state index is 13.8. The molecule has 0 spiro atoms. The molecule has 1 N–H and O–H groups in total. The van der Waals surface area contributed by atoms with Crippen molar-refractivity contribution in [1.82, 2.24) is 0 Å². The maximum absolute atomic E-state index is 13.8. The van der Waals surface area contributed by atoms with Crippen molar-refractivity contribution in [1.29, 1.82) is 0 Å². The van der Waals surface area contributed by atoms with Crippen LogP contribution < -0.4 is 0 Å². The van der Waals surface area contributed by atoms with E-state index in [1.807, 2.05) is 0 Å². The average Bonchev–Trinajstić information content (AvgIpc) is 2.70. The Morgan fingerprint density at radius 2 is 1.26 bits per heavy atom. The van der Waals surface area contributed by atoms with Gasteiger partial charge in [-0.3, -0.25) is 9.35 Å². The molecule has 0 amide bonds. The Morgan fingerprint density at radius 3 is 1.66 bits per heavy atom. The normalized spacial score (nSPS) is 44.2. The summed E-state index contributed by atoms with van der Waals surface area (Å²) < 4.78 is 70.1. The zero-order valence-electron chi connectivity index (χ0n) is 19.6. The quantitative estimate of drug-likeness (QED) is 0.290. The first-order chi connectivity index (χ1) is 16.0. The van der Waals surface area contributed by atoms with E-state index >= 15 is 0 Å². The molecule has 10 heteroatoms. The molecule has 0 saturated heterocycles. The molecule has 8 aliphatic rings. The van der Waals surface area contributed by atoms with Gasteiger partial charge in [0.25, 0.3) is 0 Å². The van der Waals surface area contributed by atoms with Gasteiger partial charge in [-0.2, -0.15) is 17.2 Å². The van der Waals surface area contributed by atoms with Crippen molar-refractivity contribution in [2.45, 2.75) is 88.4 Å². The van der Waals surface area contributed by atoms with E-state index in [1.54, 1.807) is 0 Å². The van der Waals surface area contributed by atoms with Crippen LogP contribution in [0.2, 0.25) is 0 Å². The number of hydrogen-bond donors (Lipinski definition) is 1. The van der Waals surface area contributed by atoms with Gasteiger partial charge in [-0.05, 0) is 113 Å². The monoisotopic (exact) mass is 526 g/mol. The Kier molecular flexibility index (Phi) is 7.00. The second-order valence-corrected chi connectivity index (χ2v) is 14.5. The van der Waals surface area contributed by atoms with E-state index in [0.29, 0.717) is 35.5 Å². The van der Waals surface area contributed by atoms with Crippen molar-refractivity contribution in [3.63, 3.8) is 0 Å². The summed E-state index contributed by atoms with van der Waals surface area (Å²) in [6, 6.07) is 0. The van der Waals surface area contributed by atoms with Crippen LogP contribution in [0, 0.1) is 46.3 Å². The molecule has 0 aromatic rings. The number of hydrogen-bond acceptors (Lipinski definition) is 5. The summed E-state index contributed by atoms with van der Waals surface area (Å²) in [4.78, 5) is 13.8. The standard InChI is InChI=1S/C25H36F2O6S.Na.H/c26-25(27,34(29,30)31)14-32-13-21(23-7-15-1-16(8-23)3-17(2-15)9-23)33-22(28)24-10-18-4-19(11-24)6-20(5-18)12-24;;/h15-21H,1-14H2,(H,29,30,31);;. The molecule has 8 saturated carbocycles. The van der Waals surface area contributed by atoms with E-state index in [9.17, 15) is 22.0 Å². The molecule has 0 aromatic carbocycles. The van der Waals surface area contributed by atoms with E-state index in [4.69, 9.17) is 14.0 Å². The minimum atomic E-state index is -5.57. The summed E-state index contributed by atoms with van der Waals surface area (Å²) in [6.07, 6.45) is 11.9. The first-order valence-corrected chi connectivity index (χ1v) is 14.5. The molecule has 0 heterocycles. The van der Waals surface area contributed by atoms with Gasteiger partial charge in [0.2, 0.25) is 0 Å². The molecule has 1 unspecified atom stereocenters. The Balaban J connectivity index is 0.00000253. The molecule has 0 aromatic heterocycles. The molecule has 8 rings (SSSR count). The van der Waals surface area contributed by atoms with Gasteiger partial charge in [0.05, 0.1) is 12.0 Å². The van der Waals surface area contributed by atoms with Gasteiger partial charge in [0.1, 0.15) is 12.7 Å². The molecule has 1 atom stereocenters. The SMILES string of the molecule is O=C(OC(COCC(F)(F)S(=O)(=O)O)C12CC3CC(CC(C3)C1)C2)C12CC3CC(CC(C3)C1)C2.[NaH]. The second-order valence-electron chi connectivity index (χ2n) is 13.0. The Labute approximate surface area is 228 Å². The molecular formula is C25H37F2NaO6S. The topological polar surface area (TPSA) is 89.9 Å². The van der Waals surface area contributed by atoms with Gasteiger partial charge in [-0.25, -0.2) is 0 Å². The summed E-state index contributed by atoms with van der Waals surface area (Å²) >= 11 is 0. The van der Waals surface area contributed by atoms with E-state index in [-0.39, 0.29) is 47.5 Å². The Bertz CT molecular complexity index is 883. The van der Waals surface area contributed by atoms with Crippen LogP contribution in [-0.2, 0) is 24.4 Å². The first-order valence-electron chi connectivity index (χ1n) is 13.1. The van der Waals surface area contributed by atoms with Gasteiger partial charge in [0.15, 0.2) is 0 Å². The summed E-state index contributed by atoms with van der Waals surface area (Å²) in [6.45, 7) is -1.70. The molecule has 0 aliphatic heterocycles. The predicted octanol–water partition coefficient (Wildman–Crippen LogP) is 4.18. The van der Waals surface area contributed by atoms with Gasteiger partial charge in [-0.1, -0.05) is 0 Å². The van der Waals surface area contributed by atoms with Crippen LogP contribution in [0.1, 0.15) is 77.0 Å². The van der Waals surface area contributed by atoms with Gasteiger partial charge < -0.3 is 9.47 Å². The van der Waals surface area contributed by atoms with E-state index < -0.39 is 33.5 Å². The predicted molar refractivity (Wildman–Crippen MR) is 126 cm³/mol. The third-order valence-electron chi connectivity index (χ3n) is 10.4. The second kappa shape index (κ2) is 9.15. The summed E-state index contributed by atoms with van der Waals surface area (Å²) in [7, 11) is -5.57. The van der Waals surface area contributed by atoms with E-state index in [1.165, 1.54) is 38.5 Å². The number of ether oxygens (including phenoxy) is 2. The van der Waals surface area contributed by atoms with Gasteiger partial charge >= 0.3 is 50.9 Å². The fraction of sp³-hybridized carbons (Fsp3) is 0.960. The number of carbonyl (C=O) groups excluding carboxylic acids is 1. The molecule has 0 radical (unpaired) electrons. The number of halogens is 2. The van der Waals surface area contributed by atoms with Crippen molar-refractivity contribution in [2.24, 2.45) is 46.3 Å². The summed E-state index contributed by atoms with van der Waals surface area (Å²) in [5.74, 6) is 3.30. The van der Waals surface area contributed by atoms with Crippen LogP contribution in [0.25, 0.3) is 0 Å². The molecule has 8 fully saturated rings. The third-order valence-corrected chi connectivity index (χ3v) is 11.3. The molecule has 6 nitrogen and oxygen atoms in total. The molecule has 35 heavy (non-hydrogen) atoms. The minimum absolute atomic E-state index is 0. The van der Waals surface area contributed by atoms with Crippen LogP contribution in [-0.4, -0.2) is 73.1 Å². The van der Waals surface area contributed by atoms with E-state index in [0.717, 1.165) is 38.5 Å². The first kappa shape index (κ1) is 26.8. The van der Waals surface area contributed by atoms with Crippen molar-refractivity contribution in [3.8, 4) is 0 Å². The van der Waals surface area contributed by atoms with Crippen molar-refractivity contribution in [2.75, 3.05) is 13.2 Å². The van der Waals surface area contributed by atoms with Crippen LogP contribution in [0.5, 0.6) is 0 Å². The molecule has 8 aliphatic carbocycles. The fourth-order valence-electron chi connectivity index (χ4n) is 9.88. The third kappa shape index (κ3) is 4.77. The van der Waals surface area contributed by atoms with Crippen molar-refractivity contribution >= 4 is 45.6 Å². The zero-order chi connectivity index (χ0) is 23.9. The summed E-state index contributed by atoms with van der Waals surface area (Å²) in [5, 5.41) is -4.39. The van der Waals surface area contributed by atoms with Crippen LogP contribution in [0.15, 0.2) is 0 Å². The molecule has 8 bridgehead atoms. The van der Waals surface area contributed by atoms with Crippen molar-refractivity contribution < 1.29 is 36.0 Å². The van der Waals surface area contributed by atoms with Crippen LogP contribution in [0.4, 0.5) is 8.78 Å². The number of rotatable bonds is 8. The van der Waals surface area contributed by atoms with Crippen LogP contribution >= 0.6 is 0 Å². The van der Waals surface area contributed by atoms with Crippen molar-refractivity contribution in [3.05, 3.63) is 0 Å². The number of alkyl halides is 2. The summed E-state index contributed by atoms with van der Waals surface area (Å²) in [5.41, 5.74) is -0.728. The molecule has 194 valence electrons. The Morgan fingerprint density at radius 1 is 0.857 bits per heavy atom. The Hall–Kier alpha value is 0.200. The van der Waals surface area contributed by atoms with Crippen LogP contribution in [0.3, 0.4) is 0 Å².